The second-order valence-corrected chi connectivity index (χ2v) is 10.6. The largest absolute Gasteiger partial charge is 0.205 e. The molecule has 0 heterocycles. The van der Waals surface area contributed by atoms with Crippen molar-refractivity contribution in [2.24, 2.45) is 29.6 Å². The number of allylic oxidation sites excluding steroid dienone is 2. The lowest BCUT2D eigenvalue weighted by molar-refractivity contribution is 0.0621. The Kier molecular flexibility index (Phi) is 7.38. The van der Waals surface area contributed by atoms with Crippen molar-refractivity contribution in [2.75, 3.05) is 0 Å². The van der Waals surface area contributed by atoms with Gasteiger partial charge < -0.3 is 0 Å². The van der Waals surface area contributed by atoms with Crippen molar-refractivity contribution >= 4 is 11.6 Å². The predicted octanol–water partition coefficient (Wildman–Crippen LogP) is 8.94. The monoisotopic (exact) mass is 416 g/mol. The standard InChI is InChI=1S/C27H38ClF/c1-2-3-4-5-19-6-7-24-17-23(13-12-22(24)16-19)20-8-10-21(11-9-20)25-14-15-26(28)27(29)18-25/h2-3,14-15,18-24H,4-13,16-17H2,1H3/b3-2+. The van der Waals surface area contributed by atoms with E-state index in [2.05, 4.69) is 19.1 Å². The first-order valence-electron chi connectivity index (χ1n) is 12.2. The van der Waals surface area contributed by atoms with Gasteiger partial charge in [0.05, 0.1) is 5.02 Å². The second-order valence-electron chi connectivity index (χ2n) is 10.2. The maximum Gasteiger partial charge on any atom is 0.142 e. The van der Waals surface area contributed by atoms with Crippen molar-refractivity contribution in [2.45, 2.75) is 89.9 Å². The van der Waals surface area contributed by atoms with Crippen LogP contribution in [0.5, 0.6) is 0 Å². The topological polar surface area (TPSA) is 0 Å². The highest BCUT2D eigenvalue weighted by molar-refractivity contribution is 6.30. The zero-order chi connectivity index (χ0) is 20.2. The summed E-state index contributed by atoms with van der Waals surface area (Å²) >= 11 is 5.86. The molecule has 4 rings (SSSR count). The van der Waals surface area contributed by atoms with Crippen LogP contribution < -0.4 is 0 Å². The Bertz CT molecular complexity index is 688. The molecule has 0 N–H and O–H groups in total. The van der Waals surface area contributed by atoms with Gasteiger partial charge in [-0.25, -0.2) is 4.39 Å². The van der Waals surface area contributed by atoms with Crippen LogP contribution in [0.2, 0.25) is 5.02 Å². The van der Waals surface area contributed by atoms with Gasteiger partial charge in [-0.1, -0.05) is 36.2 Å². The SMILES string of the molecule is C/C=C/CCC1CCC2CC(C3CCC(c4ccc(Cl)c(F)c4)CC3)CCC2C1. The summed E-state index contributed by atoms with van der Waals surface area (Å²) in [7, 11) is 0. The molecule has 1 aromatic rings. The molecule has 0 spiro atoms. The number of rotatable bonds is 5. The highest BCUT2D eigenvalue weighted by atomic mass is 35.5. The zero-order valence-electron chi connectivity index (χ0n) is 18.1. The average Bonchev–Trinajstić information content (AvgIpc) is 2.75. The van der Waals surface area contributed by atoms with Crippen LogP contribution in [0.25, 0.3) is 0 Å². The minimum Gasteiger partial charge on any atom is -0.205 e. The fraction of sp³-hybridized carbons (Fsp3) is 0.704. The summed E-state index contributed by atoms with van der Waals surface area (Å²) in [6, 6.07) is 5.44. The smallest absolute Gasteiger partial charge is 0.142 e. The molecule has 3 fully saturated rings. The fourth-order valence-corrected chi connectivity index (χ4v) is 7.02. The first-order valence-corrected chi connectivity index (χ1v) is 12.6. The average molecular weight is 417 g/mol. The van der Waals surface area contributed by atoms with Crippen molar-refractivity contribution < 1.29 is 4.39 Å². The van der Waals surface area contributed by atoms with E-state index in [-0.39, 0.29) is 10.8 Å². The summed E-state index contributed by atoms with van der Waals surface area (Å²) in [6.07, 6.45) is 21.3. The molecule has 3 aliphatic carbocycles. The molecular weight excluding hydrogens is 379 g/mol. The Balaban J connectivity index is 1.25. The van der Waals surface area contributed by atoms with Gasteiger partial charge in [0, 0.05) is 0 Å². The quantitative estimate of drug-likeness (QED) is 0.420. The van der Waals surface area contributed by atoms with Crippen molar-refractivity contribution in [1.29, 1.82) is 0 Å². The highest BCUT2D eigenvalue weighted by Gasteiger charge is 2.38. The molecule has 0 radical (unpaired) electrons. The number of hydrogen-bond acceptors (Lipinski definition) is 0. The van der Waals surface area contributed by atoms with E-state index in [4.69, 9.17) is 11.6 Å². The Hall–Kier alpha value is -0.820. The molecule has 4 atom stereocenters. The minimum absolute atomic E-state index is 0.246. The van der Waals surface area contributed by atoms with Crippen LogP contribution in [0, 0.1) is 35.4 Å². The molecule has 3 aliphatic rings. The van der Waals surface area contributed by atoms with Crippen LogP contribution in [0.15, 0.2) is 30.4 Å². The van der Waals surface area contributed by atoms with Gasteiger partial charge >= 0.3 is 0 Å². The summed E-state index contributed by atoms with van der Waals surface area (Å²) in [6.45, 7) is 2.14. The molecule has 0 amide bonds. The van der Waals surface area contributed by atoms with Crippen molar-refractivity contribution in [1.82, 2.24) is 0 Å². The molecule has 0 aromatic heterocycles. The molecule has 0 aliphatic heterocycles. The molecule has 2 heteroatoms. The van der Waals surface area contributed by atoms with Crippen LogP contribution in [0.4, 0.5) is 4.39 Å². The Morgan fingerprint density at radius 2 is 1.55 bits per heavy atom. The molecule has 0 bridgehead atoms. The summed E-state index contributed by atoms with van der Waals surface area (Å²) in [5.74, 6) is 5.15. The molecule has 1 aromatic carbocycles. The molecule has 29 heavy (non-hydrogen) atoms. The van der Waals surface area contributed by atoms with Gasteiger partial charge in [0.15, 0.2) is 0 Å². The van der Waals surface area contributed by atoms with Crippen LogP contribution in [0.3, 0.4) is 0 Å². The second kappa shape index (κ2) is 9.99. The van der Waals surface area contributed by atoms with Gasteiger partial charge in [-0.15, -0.1) is 0 Å². The minimum atomic E-state index is -0.258. The van der Waals surface area contributed by atoms with E-state index in [1.807, 2.05) is 6.07 Å². The molecule has 160 valence electrons. The van der Waals surface area contributed by atoms with E-state index < -0.39 is 0 Å². The van der Waals surface area contributed by atoms with Gasteiger partial charge in [-0.2, -0.15) is 0 Å². The van der Waals surface area contributed by atoms with E-state index in [1.165, 1.54) is 77.0 Å². The maximum absolute atomic E-state index is 13.8. The zero-order valence-corrected chi connectivity index (χ0v) is 18.8. The predicted molar refractivity (Wildman–Crippen MR) is 122 cm³/mol. The van der Waals surface area contributed by atoms with E-state index in [1.54, 1.807) is 12.1 Å². The highest BCUT2D eigenvalue weighted by Crippen LogP contribution is 2.50. The van der Waals surface area contributed by atoms with Crippen LogP contribution in [0.1, 0.15) is 95.5 Å². The third-order valence-corrected chi connectivity index (χ3v) is 8.90. The third-order valence-electron chi connectivity index (χ3n) is 8.59. The van der Waals surface area contributed by atoms with Gasteiger partial charge in [0.1, 0.15) is 5.82 Å². The van der Waals surface area contributed by atoms with E-state index in [0.29, 0.717) is 5.92 Å². The van der Waals surface area contributed by atoms with Gasteiger partial charge in [-0.05, 0) is 131 Å². The normalized spacial score (nSPS) is 35.6. The number of halogens is 2. The van der Waals surface area contributed by atoms with Crippen LogP contribution >= 0.6 is 11.6 Å². The summed E-state index contributed by atoms with van der Waals surface area (Å²) < 4.78 is 13.8. The molecule has 3 saturated carbocycles. The first kappa shape index (κ1) is 21.4. The van der Waals surface area contributed by atoms with Gasteiger partial charge in [0.2, 0.25) is 0 Å². The van der Waals surface area contributed by atoms with Crippen molar-refractivity contribution in [3.63, 3.8) is 0 Å². The summed E-state index contributed by atoms with van der Waals surface area (Å²) in [4.78, 5) is 0. The Morgan fingerprint density at radius 1 is 0.897 bits per heavy atom. The number of hydrogen-bond donors (Lipinski definition) is 0. The molecule has 4 unspecified atom stereocenters. The Labute approximate surface area is 182 Å². The van der Waals surface area contributed by atoms with E-state index >= 15 is 0 Å². The fourth-order valence-electron chi connectivity index (χ4n) is 6.90. The Morgan fingerprint density at radius 3 is 2.28 bits per heavy atom. The van der Waals surface area contributed by atoms with E-state index in [9.17, 15) is 4.39 Å². The van der Waals surface area contributed by atoms with Gasteiger partial charge in [0.25, 0.3) is 0 Å². The first-order chi connectivity index (χ1) is 14.1. The molecule has 0 saturated heterocycles. The maximum atomic E-state index is 13.8. The third kappa shape index (κ3) is 5.27. The lowest BCUT2D eigenvalue weighted by Gasteiger charge is -2.45. The van der Waals surface area contributed by atoms with Gasteiger partial charge in [-0.3, -0.25) is 0 Å². The number of benzene rings is 1. The molecular formula is C27H38ClF. The molecule has 0 nitrogen and oxygen atoms in total. The summed E-state index contributed by atoms with van der Waals surface area (Å²) in [5.41, 5.74) is 1.16. The summed E-state index contributed by atoms with van der Waals surface area (Å²) in [5, 5.41) is 0.246. The number of fused-ring (bicyclic) bond motifs is 1. The van der Waals surface area contributed by atoms with Crippen molar-refractivity contribution in [3.8, 4) is 0 Å². The van der Waals surface area contributed by atoms with E-state index in [0.717, 1.165) is 35.2 Å². The van der Waals surface area contributed by atoms with Crippen molar-refractivity contribution in [3.05, 3.63) is 46.8 Å². The lowest BCUT2D eigenvalue weighted by atomic mass is 9.60. The van der Waals surface area contributed by atoms with Crippen LogP contribution in [-0.4, -0.2) is 0 Å². The lowest BCUT2D eigenvalue weighted by Crippen LogP contribution is -2.34. The van der Waals surface area contributed by atoms with Crippen LogP contribution in [-0.2, 0) is 0 Å².